The van der Waals surface area contributed by atoms with Crippen LogP contribution in [0.25, 0.3) is 0 Å². The molecule has 0 spiro atoms. The highest BCUT2D eigenvalue weighted by Crippen LogP contribution is 2.25. The van der Waals surface area contributed by atoms with Crippen LogP contribution in [0.4, 0.5) is 0 Å². The minimum atomic E-state index is 0.148. The van der Waals surface area contributed by atoms with Gasteiger partial charge in [-0.05, 0) is 25.7 Å². The number of carbonyl (C=O) groups excluding carboxylic acids is 1. The van der Waals surface area contributed by atoms with Crippen LogP contribution < -0.4 is 5.73 Å². The molecule has 5 nitrogen and oxygen atoms in total. The Labute approximate surface area is 108 Å². The van der Waals surface area contributed by atoms with Crippen molar-refractivity contribution in [3.05, 3.63) is 18.2 Å². The molecule has 1 aromatic rings. The molecular formula is C13H22N4O. The Morgan fingerprint density at radius 2 is 2.17 bits per heavy atom. The summed E-state index contributed by atoms with van der Waals surface area (Å²) in [7, 11) is 3.80. The zero-order chi connectivity index (χ0) is 13.1. The van der Waals surface area contributed by atoms with Crippen molar-refractivity contribution in [2.24, 2.45) is 18.7 Å². The van der Waals surface area contributed by atoms with Gasteiger partial charge in [0.15, 0.2) is 0 Å². The summed E-state index contributed by atoms with van der Waals surface area (Å²) < 4.78 is 1.95. The number of amides is 1. The molecule has 18 heavy (non-hydrogen) atoms. The van der Waals surface area contributed by atoms with Gasteiger partial charge in [-0.15, -0.1) is 0 Å². The molecule has 0 bridgehead atoms. The zero-order valence-electron chi connectivity index (χ0n) is 11.2. The lowest BCUT2D eigenvalue weighted by Gasteiger charge is -2.28. The fourth-order valence-corrected chi connectivity index (χ4v) is 2.52. The first-order chi connectivity index (χ1) is 8.58. The van der Waals surface area contributed by atoms with Gasteiger partial charge in [0.1, 0.15) is 5.82 Å². The molecule has 0 radical (unpaired) electrons. The first-order valence-corrected chi connectivity index (χ1v) is 6.54. The highest BCUT2D eigenvalue weighted by atomic mass is 16.2. The zero-order valence-corrected chi connectivity index (χ0v) is 11.2. The highest BCUT2D eigenvalue weighted by Gasteiger charge is 2.27. The number of aryl methyl sites for hydroxylation is 1. The van der Waals surface area contributed by atoms with Crippen LogP contribution in [0.2, 0.25) is 0 Å². The third kappa shape index (κ3) is 2.90. The van der Waals surface area contributed by atoms with Crippen molar-refractivity contribution >= 4 is 5.91 Å². The van der Waals surface area contributed by atoms with Gasteiger partial charge in [0.05, 0.1) is 6.54 Å². The van der Waals surface area contributed by atoms with Crippen LogP contribution in [0.5, 0.6) is 0 Å². The maximum atomic E-state index is 12.3. The summed E-state index contributed by atoms with van der Waals surface area (Å²) in [5.41, 5.74) is 5.86. The summed E-state index contributed by atoms with van der Waals surface area (Å²) in [5, 5.41) is 0. The van der Waals surface area contributed by atoms with E-state index in [4.69, 9.17) is 5.73 Å². The molecule has 1 amide bonds. The normalized spacial score (nSPS) is 23.9. The molecule has 1 aromatic heterocycles. The maximum absolute atomic E-state index is 12.3. The molecule has 0 saturated heterocycles. The Morgan fingerprint density at radius 3 is 2.72 bits per heavy atom. The molecule has 0 unspecified atom stereocenters. The lowest BCUT2D eigenvalue weighted by atomic mass is 9.85. The average molecular weight is 250 g/mol. The topological polar surface area (TPSA) is 64.2 Å². The van der Waals surface area contributed by atoms with E-state index in [1.54, 1.807) is 11.1 Å². The van der Waals surface area contributed by atoms with Crippen molar-refractivity contribution < 1.29 is 4.79 Å². The molecule has 0 atom stereocenters. The van der Waals surface area contributed by atoms with E-state index in [-0.39, 0.29) is 17.9 Å². The van der Waals surface area contributed by atoms with Gasteiger partial charge in [0.2, 0.25) is 5.91 Å². The Balaban J connectivity index is 1.91. The van der Waals surface area contributed by atoms with Crippen molar-refractivity contribution in [1.82, 2.24) is 14.5 Å². The van der Waals surface area contributed by atoms with Crippen molar-refractivity contribution in [3.63, 3.8) is 0 Å². The van der Waals surface area contributed by atoms with Gasteiger partial charge in [-0.1, -0.05) is 0 Å². The average Bonchev–Trinajstić information content (AvgIpc) is 2.75. The minimum Gasteiger partial charge on any atom is -0.338 e. The quantitative estimate of drug-likeness (QED) is 0.866. The van der Waals surface area contributed by atoms with E-state index in [1.807, 2.05) is 24.9 Å². The second-order valence-electron chi connectivity index (χ2n) is 5.26. The van der Waals surface area contributed by atoms with Crippen molar-refractivity contribution in [1.29, 1.82) is 0 Å². The van der Waals surface area contributed by atoms with Gasteiger partial charge in [-0.3, -0.25) is 4.79 Å². The summed E-state index contributed by atoms with van der Waals surface area (Å²) in [6.07, 6.45) is 7.43. The predicted molar refractivity (Wildman–Crippen MR) is 69.6 cm³/mol. The highest BCUT2D eigenvalue weighted by molar-refractivity contribution is 5.78. The molecule has 2 N–H and O–H groups in total. The lowest BCUT2D eigenvalue weighted by molar-refractivity contribution is -0.135. The van der Waals surface area contributed by atoms with E-state index in [9.17, 15) is 4.79 Å². The number of nitrogens with zero attached hydrogens (tertiary/aromatic N) is 3. The van der Waals surface area contributed by atoms with Crippen LogP contribution in [-0.2, 0) is 18.4 Å². The van der Waals surface area contributed by atoms with E-state index in [0.29, 0.717) is 6.54 Å². The molecule has 0 aromatic carbocycles. The van der Waals surface area contributed by atoms with Crippen LogP contribution in [0.1, 0.15) is 31.5 Å². The van der Waals surface area contributed by atoms with Crippen molar-refractivity contribution in [3.8, 4) is 0 Å². The van der Waals surface area contributed by atoms with Gasteiger partial charge in [0, 0.05) is 38.4 Å². The fourth-order valence-electron chi connectivity index (χ4n) is 2.52. The monoisotopic (exact) mass is 250 g/mol. The fraction of sp³-hybridized carbons (Fsp3) is 0.692. The molecular weight excluding hydrogens is 228 g/mol. The SMILES string of the molecule is CN(Cc1nccn1C)C(=O)C1CCC(N)CC1. The van der Waals surface area contributed by atoms with Gasteiger partial charge in [0.25, 0.3) is 0 Å². The molecule has 1 fully saturated rings. The van der Waals surface area contributed by atoms with Crippen LogP contribution in [0.15, 0.2) is 12.4 Å². The molecule has 1 heterocycles. The summed E-state index contributed by atoms with van der Waals surface area (Å²) >= 11 is 0. The smallest absolute Gasteiger partial charge is 0.225 e. The van der Waals surface area contributed by atoms with E-state index < -0.39 is 0 Å². The molecule has 5 heteroatoms. The van der Waals surface area contributed by atoms with Gasteiger partial charge in [-0.25, -0.2) is 4.98 Å². The number of nitrogens with two attached hydrogens (primary N) is 1. The number of aromatic nitrogens is 2. The number of rotatable bonds is 3. The van der Waals surface area contributed by atoms with E-state index in [2.05, 4.69) is 4.98 Å². The Hall–Kier alpha value is -1.36. The number of carbonyl (C=O) groups is 1. The van der Waals surface area contributed by atoms with Crippen LogP contribution in [-0.4, -0.2) is 33.4 Å². The van der Waals surface area contributed by atoms with E-state index in [1.165, 1.54) is 0 Å². The van der Waals surface area contributed by atoms with Crippen LogP contribution in [0.3, 0.4) is 0 Å². The van der Waals surface area contributed by atoms with Crippen molar-refractivity contribution in [2.45, 2.75) is 38.3 Å². The van der Waals surface area contributed by atoms with Crippen molar-refractivity contribution in [2.75, 3.05) is 7.05 Å². The summed E-state index contributed by atoms with van der Waals surface area (Å²) in [6, 6.07) is 0.286. The lowest BCUT2D eigenvalue weighted by Crippen LogP contribution is -2.37. The molecule has 0 aliphatic heterocycles. The Bertz CT molecular complexity index is 407. The largest absolute Gasteiger partial charge is 0.338 e. The first kappa shape index (κ1) is 13.1. The molecule has 2 rings (SSSR count). The molecule has 1 aliphatic carbocycles. The van der Waals surface area contributed by atoms with Gasteiger partial charge in [-0.2, -0.15) is 0 Å². The number of hydrogen-bond donors (Lipinski definition) is 1. The summed E-state index contributed by atoms with van der Waals surface area (Å²) in [4.78, 5) is 18.3. The maximum Gasteiger partial charge on any atom is 0.225 e. The number of imidazole rings is 1. The van der Waals surface area contributed by atoms with Crippen LogP contribution >= 0.6 is 0 Å². The number of hydrogen-bond acceptors (Lipinski definition) is 3. The Kier molecular flexibility index (Phi) is 4.01. The second-order valence-corrected chi connectivity index (χ2v) is 5.26. The molecule has 1 aliphatic rings. The van der Waals surface area contributed by atoms with E-state index >= 15 is 0 Å². The molecule has 1 saturated carbocycles. The van der Waals surface area contributed by atoms with Crippen LogP contribution in [0, 0.1) is 5.92 Å². The predicted octanol–water partition coefficient (Wildman–Crippen LogP) is 0.896. The van der Waals surface area contributed by atoms with Gasteiger partial charge < -0.3 is 15.2 Å². The van der Waals surface area contributed by atoms with Gasteiger partial charge >= 0.3 is 0 Å². The summed E-state index contributed by atoms with van der Waals surface area (Å²) in [6.45, 7) is 0.574. The third-order valence-corrected chi connectivity index (χ3v) is 3.80. The first-order valence-electron chi connectivity index (χ1n) is 6.54. The standard InChI is InChI=1S/C13H22N4O/c1-16-8-7-15-12(16)9-17(2)13(18)10-3-5-11(14)6-4-10/h7-8,10-11H,3-6,9,14H2,1-2H3. The summed E-state index contributed by atoms with van der Waals surface area (Å²) in [5.74, 6) is 1.29. The molecule has 100 valence electrons. The third-order valence-electron chi connectivity index (χ3n) is 3.80. The Morgan fingerprint density at radius 1 is 1.50 bits per heavy atom. The second kappa shape index (κ2) is 5.52. The van der Waals surface area contributed by atoms with E-state index in [0.717, 1.165) is 31.5 Å². The minimum absolute atomic E-state index is 0.148.